The fourth-order valence-corrected chi connectivity index (χ4v) is 7.78. The Morgan fingerprint density at radius 3 is 2.85 bits per heavy atom. The SMILES string of the molecule is COC(=O)c1cc2nc3c(n2cc1C)C[C@@H]1N[C@@]2(C(=O)Nc4cc(Cl)ccc42)[C@@H](C2(C)C=CN=C(Cl)C2F)[C@H]31. The fraction of sp³-hybridized carbons (Fsp3) is 0.357. The Labute approximate surface area is 233 Å². The number of benzene rings is 1. The number of esters is 1. The number of methoxy groups -OCH3 is 1. The molecule has 1 spiro atoms. The minimum atomic E-state index is -1.63. The number of pyridine rings is 1. The summed E-state index contributed by atoms with van der Waals surface area (Å²) in [6.45, 7) is 3.63. The number of amides is 1. The minimum Gasteiger partial charge on any atom is -0.465 e. The van der Waals surface area contributed by atoms with E-state index in [2.05, 4.69) is 15.6 Å². The van der Waals surface area contributed by atoms with Crippen LogP contribution in [0.2, 0.25) is 5.02 Å². The normalized spacial score (nSPS) is 32.3. The average molecular weight is 568 g/mol. The van der Waals surface area contributed by atoms with Crippen molar-refractivity contribution in [1.82, 2.24) is 14.7 Å². The predicted molar refractivity (Wildman–Crippen MR) is 145 cm³/mol. The lowest BCUT2D eigenvalue weighted by atomic mass is 9.59. The molecular formula is C28H24Cl2FN5O3. The van der Waals surface area contributed by atoms with E-state index in [-0.39, 0.29) is 23.0 Å². The number of ether oxygens (including phenoxy) is 1. The molecule has 2 aromatic heterocycles. The fourth-order valence-electron chi connectivity index (χ4n) is 7.31. The first-order valence-electron chi connectivity index (χ1n) is 12.6. The number of aryl methyl sites for hydroxylation is 1. The number of imidazole rings is 1. The summed E-state index contributed by atoms with van der Waals surface area (Å²) in [6, 6.07) is 6.79. The van der Waals surface area contributed by atoms with Crippen LogP contribution in [0.4, 0.5) is 10.1 Å². The van der Waals surface area contributed by atoms with E-state index in [1.54, 1.807) is 31.2 Å². The minimum absolute atomic E-state index is 0.153. The number of alkyl halides is 1. The van der Waals surface area contributed by atoms with Gasteiger partial charge in [0.25, 0.3) is 0 Å². The van der Waals surface area contributed by atoms with Gasteiger partial charge in [-0.2, -0.15) is 0 Å². The maximum absolute atomic E-state index is 16.2. The Kier molecular flexibility index (Phi) is 5.16. The van der Waals surface area contributed by atoms with Gasteiger partial charge in [0.05, 0.1) is 18.4 Å². The first-order chi connectivity index (χ1) is 18.6. The Hall–Kier alpha value is -3.27. The number of carbonyl (C=O) groups is 2. The van der Waals surface area contributed by atoms with E-state index in [4.69, 9.17) is 32.9 Å². The third-order valence-corrected chi connectivity index (χ3v) is 9.49. The van der Waals surface area contributed by atoms with Crippen molar-refractivity contribution in [3.8, 4) is 0 Å². The molecule has 0 saturated carbocycles. The number of allylic oxidation sites excluding steroid dienone is 1. The Morgan fingerprint density at radius 1 is 1.28 bits per heavy atom. The van der Waals surface area contributed by atoms with E-state index >= 15 is 4.39 Å². The standard InChI is InChI=1S/C28H24Cl2FN5O3/c1-12-11-36-18-10-17-20(21(18)34-19(36)9-14(12)25(37)39-3)22(27(2)6-7-32-24(30)23(27)31)28(35-17)15-5-4-13(29)8-16(15)33-26(28)38/h4-9,11,17,20,22-23,35H,10H2,1-3H3,(H,33,38)/t17-,20-,22+,23?,27?,28+/m0/s1. The highest BCUT2D eigenvalue weighted by atomic mass is 35.5. The van der Waals surface area contributed by atoms with Crippen molar-refractivity contribution in [3.63, 3.8) is 0 Å². The van der Waals surface area contributed by atoms with Gasteiger partial charge in [0.15, 0.2) is 6.17 Å². The van der Waals surface area contributed by atoms with Gasteiger partial charge < -0.3 is 14.5 Å². The number of anilines is 1. The molecule has 7 rings (SSSR count). The van der Waals surface area contributed by atoms with Crippen LogP contribution < -0.4 is 10.6 Å². The number of halogens is 3. The van der Waals surface area contributed by atoms with E-state index in [0.29, 0.717) is 33.9 Å². The highest BCUT2D eigenvalue weighted by Gasteiger charge is 2.70. The zero-order valence-corrected chi connectivity index (χ0v) is 22.8. The molecule has 11 heteroatoms. The largest absolute Gasteiger partial charge is 0.465 e. The van der Waals surface area contributed by atoms with Crippen molar-refractivity contribution < 1.29 is 18.7 Å². The number of aromatic nitrogens is 2. The molecule has 5 heterocycles. The number of nitrogens with one attached hydrogen (secondary N) is 2. The lowest BCUT2D eigenvalue weighted by molar-refractivity contribution is -0.125. The van der Waals surface area contributed by atoms with Gasteiger partial charge in [-0.3, -0.25) is 10.1 Å². The summed E-state index contributed by atoms with van der Waals surface area (Å²) in [6.07, 6.45) is 4.04. The third kappa shape index (κ3) is 3.09. The van der Waals surface area contributed by atoms with Crippen LogP contribution in [0.15, 0.2) is 47.7 Å². The van der Waals surface area contributed by atoms with E-state index in [9.17, 15) is 9.59 Å². The summed E-state index contributed by atoms with van der Waals surface area (Å²) in [4.78, 5) is 35.3. The van der Waals surface area contributed by atoms with E-state index in [0.717, 1.165) is 17.0 Å². The maximum Gasteiger partial charge on any atom is 0.338 e. The summed E-state index contributed by atoms with van der Waals surface area (Å²) in [5, 5.41) is 6.97. The number of hydrogen-bond acceptors (Lipinski definition) is 6. The van der Waals surface area contributed by atoms with Gasteiger partial charge in [0, 0.05) is 64.1 Å². The van der Waals surface area contributed by atoms with Gasteiger partial charge in [-0.25, -0.2) is 19.2 Å². The second-order valence-electron chi connectivity index (χ2n) is 10.9. The summed E-state index contributed by atoms with van der Waals surface area (Å²) in [5.74, 6) is -1.68. The average Bonchev–Trinajstić information content (AvgIpc) is 3.59. The highest BCUT2D eigenvalue weighted by Crippen LogP contribution is 2.63. The molecule has 1 saturated heterocycles. The molecule has 1 amide bonds. The van der Waals surface area contributed by atoms with Crippen LogP contribution in [0.1, 0.15) is 45.7 Å². The Balaban J connectivity index is 1.46. The molecular weight excluding hydrogens is 544 g/mol. The quantitative estimate of drug-likeness (QED) is 0.439. The number of rotatable bonds is 2. The van der Waals surface area contributed by atoms with Crippen molar-refractivity contribution >= 4 is 51.6 Å². The lowest BCUT2D eigenvalue weighted by Crippen LogP contribution is -2.56. The monoisotopic (exact) mass is 567 g/mol. The van der Waals surface area contributed by atoms with Crippen LogP contribution in [-0.4, -0.2) is 45.8 Å². The van der Waals surface area contributed by atoms with Gasteiger partial charge in [-0.1, -0.05) is 42.3 Å². The molecule has 2 N–H and O–H groups in total. The highest BCUT2D eigenvalue weighted by molar-refractivity contribution is 6.66. The number of aliphatic imine (C=N–C) groups is 1. The van der Waals surface area contributed by atoms with Gasteiger partial charge in [-0.15, -0.1) is 0 Å². The van der Waals surface area contributed by atoms with Crippen LogP contribution in [0.5, 0.6) is 0 Å². The van der Waals surface area contributed by atoms with Gasteiger partial charge in [0.2, 0.25) is 5.91 Å². The number of nitrogens with zero attached hydrogens (tertiary/aromatic N) is 3. The molecule has 3 aromatic rings. The molecule has 1 fully saturated rings. The molecule has 39 heavy (non-hydrogen) atoms. The first kappa shape index (κ1) is 24.7. The van der Waals surface area contributed by atoms with Gasteiger partial charge in [-0.05, 0) is 30.7 Å². The summed E-state index contributed by atoms with van der Waals surface area (Å²) >= 11 is 12.6. The molecule has 1 aliphatic carbocycles. The molecule has 0 bridgehead atoms. The van der Waals surface area contributed by atoms with Gasteiger partial charge in [0.1, 0.15) is 16.4 Å². The predicted octanol–water partition coefficient (Wildman–Crippen LogP) is 4.67. The van der Waals surface area contributed by atoms with Crippen molar-refractivity contribution in [1.29, 1.82) is 0 Å². The lowest BCUT2D eigenvalue weighted by Gasteiger charge is -2.45. The van der Waals surface area contributed by atoms with E-state index in [1.165, 1.54) is 13.3 Å². The van der Waals surface area contributed by atoms with Crippen molar-refractivity contribution in [2.75, 3.05) is 12.4 Å². The summed E-state index contributed by atoms with van der Waals surface area (Å²) < 4.78 is 23.1. The summed E-state index contributed by atoms with van der Waals surface area (Å²) in [7, 11) is 1.34. The van der Waals surface area contributed by atoms with Crippen molar-refractivity contribution in [3.05, 3.63) is 75.8 Å². The van der Waals surface area contributed by atoms with E-state index in [1.807, 2.05) is 23.6 Å². The Bertz CT molecular complexity index is 1690. The molecule has 2 unspecified atom stereocenters. The van der Waals surface area contributed by atoms with Crippen molar-refractivity contribution in [2.24, 2.45) is 16.3 Å². The topological polar surface area (TPSA) is 97.1 Å². The maximum atomic E-state index is 16.2. The molecule has 6 atom stereocenters. The van der Waals surface area contributed by atoms with Crippen LogP contribution in [-0.2, 0) is 21.5 Å². The van der Waals surface area contributed by atoms with Crippen molar-refractivity contribution in [2.45, 2.75) is 43.9 Å². The summed E-state index contributed by atoms with van der Waals surface area (Å²) in [5.41, 5.74) is 2.35. The second-order valence-corrected chi connectivity index (χ2v) is 11.8. The number of carbonyl (C=O) groups excluding carboxylic acids is 2. The van der Waals surface area contributed by atoms with Gasteiger partial charge >= 0.3 is 5.97 Å². The second kappa shape index (κ2) is 8.13. The third-order valence-electron chi connectivity index (χ3n) is 8.97. The molecule has 4 aliphatic rings. The van der Waals surface area contributed by atoms with E-state index < -0.39 is 29.0 Å². The van der Waals surface area contributed by atoms with Crippen LogP contribution in [0.3, 0.4) is 0 Å². The smallest absolute Gasteiger partial charge is 0.338 e. The Morgan fingerprint density at radius 2 is 2.08 bits per heavy atom. The zero-order valence-electron chi connectivity index (χ0n) is 21.3. The zero-order chi connectivity index (χ0) is 27.4. The van der Waals surface area contributed by atoms with Crippen LogP contribution in [0, 0.1) is 18.3 Å². The number of hydrogen-bond donors (Lipinski definition) is 2. The first-order valence-corrected chi connectivity index (χ1v) is 13.4. The molecule has 200 valence electrons. The van der Waals surface area contributed by atoms with Crippen LogP contribution >= 0.6 is 23.2 Å². The molecule has 3 aliphatic heterocycles. The number of fused-ring (bicyclic) bond motifs is 7. The van der Waals surface area contributed by atoms with Crippen LogP contribution in [0.25, 0.3) is 5.65 Å². The molecule has 8 nitrogen and oxygen atoms in total. The molecule has 1 aromatic carbocycles. The molecule has 0 radical (unpaired) electrons.